The van der Waals surface area contributed by atoms with Gasteiger partial charge in [0.1, 0.15) is 34.5 Å². The summed E-state index contributed by atoms with van der Waals surface area (Å²) < 4.78 is 29.7. The minimum atomic E-state index is -0.0939. The fourth-order valence-electron chi connectivity index (χ4n) is 2.30. The molecule has 3 aromatic rings. The van der Waals surface area contributed by atoms with E-state index in [1.807, 2.05) is 18.2 Å². The van der Waals surface area contributed by atoms with Crippen LogP contribution in [0.15, 0.2) is 66.7 Å². The molecule has 0 atom stereocenters. The van der Waals surface area contributed by atoms with Gasteiger partial charge in [-0.15, -0.1) is 0 Å². The van der Waals surface area contributed by atoms with Gasteiger partial charge >= 0.3 is 0 Å². The van der Waals surface area contributed by atoms with Gasteiger partial charge in [0.05, 0.1) is 5.56 Å². The van der Waals surface area contributed by atoms with Gasteiger partial charge in [-0.3, -0.25) is 4.79 Å². The number of benzene rings is 3. The van der Waals surface area contributed by atoms with Gasteiger partial charge in [-0.05, 0) is 36.4 Å². The van der Waals surface area contributed by atoms with Crippen LogP contribution in [0, 0.1) is 0 Å². The molecule has 10 heteroatoms. The van der Waals surface area contributed by atoms with E-state index >= 15 is 0 Å². The molecule has 0 unspecified atom stereocenters. The van der Waals surface area contributed by atoms with E-state index in [1.165, 1.54) is 31.4 Å². The topological polar surface area (TPSA) is 133 Å². The van der Waals surface area contributed by atoms with Gasteiger partial charge in [0, 0.05) is 33.5 Å². The smallest absolute Gasteiger partial charge is 0.188 e. The maximum atomic E-state index is 10.5. The number of hydrogen-bond donors (Lipinski definition) is 3. The van der Waals surface area contributed by atoms with Gasteiger partial charge in [0.2, 0.25) is 0 Å². The van der Waals surface area contributed by atoms with E-state index in [9.17, 15) is 9.90 Å². The van der Waals surface area contributed by atoms with Gasteiger partial charge in [0.25, 0.3) is 0 Å². The second-order valence-electron chi connectivity index (χ2n) is 6.45. The first-order chi connectivity index (χ1) is 16.9. The molecule has 0 heterocycles. The molecule has 0 aliphatic heterocycles. The maximum absolute atomic E-state index is 10.5. The van der Waals surface area contributed by atoms with Crippen molar-refractivity contribution < 1.29 is 48.5 Å². The molecule has 0 amide bonds. The molecule has 35 heavy (non-hydrogen) atoms. The molecule has 3 N–H and O–H groups in total. The molecule has 0 aliphatic carbocycles. The fourth-order valence-corrected chi connectivity index (χ4v) is 2.30. The van der Waals surface area contributed by atoms with Crippen LogP contribution in [0.4, 0.5) is 0 Å². The lowest BCUT2D eigenvalue weighted by Gasteiger charge is -2.07. The quantitative estimate of drug-likeness (QED) is 0.283. The molecule has 190 valence electrons. The van der Waals surface area contributed by atoms with Crippen LogP contribution in [0.25, 0.3) is 0 Å². The van der Waals surface area contributed by atoms with Crippen molar-refractivity contribution in [2.45, 2.75) is 0 Å². The van der Waals surface area contributed by atoms with Crippen molar-refractivity contribution in [1.82, 2.24) is 0 Å². The first-order valence-electron chi connectivity index (χ1n) is 10.2. The van der Waals surface area contributed by atoms with Crippen LogP contribution in [0.3, 0.4) is 0 Å². The van der Waals surface area contributed by atoms with Crippen LogP contribution in [-0.4, -0.2) is 63.3 Å². The summed E-state index contributed by atoms with van der Waals surface area (Å²) >= 11 is 0. The molecule has 0 spiro atoms. The molecule has 0 radical (unpaired) electrons. The average Bonchev–Trinajstić information content (AvgIpc) is 2.86. The summed E-state index contributed by atoms with van der Waals surface area (Å²) in [6, 6.07) is 17.7. The summed E-state index contributed by atoms with van der Waals surface area (Å²) in [6.07, 6.45) is 0.542. The van der Waals surface area contributed by atoms with Crippen LogP contribution < -0.4 is 14.2 Å². The molecular formula is C25H30O10. The fraction of sp³-hybridized carbons (Fsp3) is 0.240. The van der Waals surface area contributed by atoms with Crippen molar-refractivity contribution in [3.05, 3.63) is 72.3 Å². The van der Waals surface area contributed by atoms with Crippen LogP contribution in [0.2, 0.25) is 0 Å². The zero-order valence-corrected chi connectivity index (χ0v) is 19.7. The Balaban J connectivity index is 0.000000272. The Labute approximate surface area is 203 Å². The van der Waals surface area contributed by atoms with Crippen LogP contribution in [0.5, 0.6) is 34.5 Å². The first kappa shape index (κ1) is 29.0. The van der Waals surface area contributed by atoms with Gasteiger partial charge in [-0.25, -0.2) is 0 Å². The zero-order chi connectivity index (χ0) is 25.9. The highest BCUT2D eigenvalue weighted by atomic mass is 16.7. The van der Waals surface area contributed by atoms with Crippen LogP contribution in [-0.2, 0) is 14.2 Å². The normalized spacial score (nSPS) is 9.57. The van der Waals surface area contributed by atoms with Crippen molar-refractivity contribution in [2.75, 3.05) is 41.7 Å². The SMILES string of the molecule is COCOc1cccc(O)c1C=O.COCOc1cccc(OCOC)c1.Oc1cccc(O)c1. The Morgan fingerprint density at radius 2 is 1.14 bits per heavy atom. The summed E-state index contributed by atoms with van der Waals surface area (Å²) in [5.41, 5.74) is 0.138. The van der Waals surface area contributed by atoms with Crippen molar-refractivity contribution >= 4 is 6.29 Å². The molecule has 0 aromatic heterocycles. The van der Waals surface area contributed by atoms with Gasteiger partial charge in [-0.2, -0.15) is 0 Å². The second-order valence-corrected chi connectivity index (χ2v) is 6.45. The summed E-state index contributed by atoms with van der Waals surface area (Å²) in [4.78, 5) is 10.5. The summed E-state index contributed by atoms with van der Waals surface area (Å²) in [5, 5.41) is 26.5. The summed E-state index contributed by atoms with van der Waals surface area (Å²) in [7, 11) is 4.62. The minimum absolute atomic E-state index is 0.0459. The van der Waals surface area contributed by atoms with Crippen molar-refractivity contribution in [3.8, 4) is 34.5 Å². The third kappa shape index (κ3) is 12.2. The lowest BCUT2D eigenvalue weighted by molar-refractivity contribution is 0.0460. The van der Waals surface area contributed by atoms with E-state index < -0.39 is 0 Å². The number of phenols is 3. The first-order valence-corrected chi connectivity index (χ1v) is 10.2. The predicted octanol–water partition coefficient (Wildman–Crippen LogP) is 3.94. The van der Waals surface area contributed by atoms with E-state index in [0.717, 1.165) is 0 Å². The molecule has 0 fully saturated rings. The number of aromatic hydroxyl groups is 3. The number of ether oxygens (including phenoxy) is 6. The summed E-state index contributed by atoms with van der Waals surface area (Å²) in [6.45, 7) is 0.506. The summed E-state index contributed by atoms with van der Waals surface area (Å²) in [5.74, 6) is 1.82. The lowest BCUT2D eigenvalue weighted by atomic mass is 10.2. The highest BCUT2D eigenvalue weighted by Gasteiger charge is 2.06. The van der Waals surface area contributed by atoms with E-state index in [1.54, 1.807) is 38.5 Å². The molecular weight excluding hydrogens is 460 g/mol. The molecule has 0 saturated carbocycles. The standard InChI is InChI=1S/C10H14O4.C9H10O4.C6H6O2/c1-11-7-13-9-4-3-5-10(6-9)14-8-12-2;1-12-6-13-9-4-2-3-8(11)7(9)5-10;7-5-2-1-3-6(8)4-5/h3-6H,7-8H2,1-2H3;2-5,11H,6H2,1H3;1-4,7-8H. The van der Waals surface area contributed by atoms with E-state index in [0.29, 0.717) is 23.5 Å². The number of carbonyl (C=O) groups is 1. The van der Waals surface area contributed by atoms with Crippen molar-refractivity contribution in [3.63, 3.8) is 0 Å². The molecule has 0 saturated heterocycles. The zero-order valence-electron chi connectivity index (χ0n) is 19.7. The average molecular weight is 491 g/mol. The Kier molecular flexibility index (Phi) is 14.5. The molecule has 3 aromatic carbocycles. The van der Waals surface area contributed by atoms with Crippen molar-refractivity contribution in [2.24, 2.45) is 0 Å². The number of phenolic OH excluding ortho intramolecular Hbond substituents is 3. The van der Waals surface area contributed by atoms with Crippen LogP contribution >= 0.6 is 0 Å². The number of rotatable bonds is 10. The van der Waals surface area contributed by atoms with Gasteiger partial charge in [-0.1, -0.05) is 18.2 Å². The highest BCUT2D eigenvalue weighted by molar-refractivity contribution is 5.83. The maximum Gasteiger partial charge on any atom is 0.188 e. The monoisotopic (exact) mass is 490 g/mol. The Morgan fingerprint density at radius 3 is 1.60 bits per heavy atom. The Hall–Kier alpha value is -3.99. The largest absolute Gasteiger partial charge is 0.508 e. The highest BCUT2D eigenvalue weighted by Crippen LogP contribution is 2.25. The molecule has 10 nitrogen and oxygen atoms in total. The third-order valence-electron chi connectivity index (χ3n) is 3.82. The van der Waals surface area contributed by atoms with Gasteiger partial charge < -0.3 is 43.7 Å². The third-order valence-corrected chi connectivity index (χ3v) is 3.82. The van der Waals surface area contributed by atoms with Crippen molar-refractivity contribution in [1.29, 1.82) is 0 Å². The molecule has 0 bridgehead atoms. The molecule has 0 aliphatic rings. The van der Waals surface area contributed by atoms with E-state index in [-0.39, 0.29) is 43.2 Å². The Bertz CT molecular complexity index is 953. The van der Waals surface area contributed by atoms with Gasteiger partial charge in [0.15, 0.2) is 26.7 Å². The number of aldehydes is 1. The number of methoxy groups -OCH3 is 3. The number of carbonyl (C=O) groups excluding carboxylic acids is 1. The molecule has 3 rings (SSSR count). The van der Waals surface area contributed by atoms with Crippen LogP contribution in [0.1, 0.15) is 10.4 Å². The van der Waals surface area contributed by atoms with E-state index in [4.69, 9.17) is 33.9 Å². The lowest BCUT2D eigenvalue weighted by Crippen LogP contribution is -2.01. The van der Waals surface area contributed by atoms with E-state index in [2.05, 4.69) is 4.74 Å². The second kappa shape index (κ2) is 17.5. The minimum Gasteiger partial charge on any atom is -0.508 e. The Morgan fingerprint density at radius 1 is 0.657 bits per heavy atom. The predicted molar refractivity (Wildman–Crippen MR) is 127 cm³/mol. The number of hydrogen-bond acceptors (Lipinski definition) is 10.